The number of hydrogen-bond acceptors (Lipinski definition) is 4. The van der Waals surface area contributed by atoms with Gasteiger partial charge >= 0.3 is 5.97 Å². The van der Waals surface area contributed by atoms with Crippen LogP contribution in [0.1, 0.15) is 17.3 Å². The fourth-order valence-electron chi connectivity index (χ4n) is 1.31. The summed E-state index contributed by atoms with van der Waals surface area (Å²) in [6.07, 6.45) is 0. The number of carbonyl (C=O) groups excluding carboxylic acids is 2. The highest BCUT2D eigenvalue weighted by molar-refractivity contribution is 9.09. The van der Waals surface area contributed by atoms with Crippen LogP contribution in [0.3, 0.4) is 0 Å². The smallest absolute Gasteiger partial charge is 0.327 e. The van der Waals surface area contributed by atoms with Crippen LogP contribution in [0.15, 0.2) is 18.2 Å². The van der Waals surface area contributed by atoms with Crippen molar-refractivity contribution in [2.75, 3.05) is 17.8 Å². The van der Waals surface area contributed by atoms with E-state index in [1.54, 1.807) is 0 Å². The van der Waals surface area contributed by atoms with Crippen LogP contribution in [-0.2, 0) is 9.53 Å². The predicted molar refractivity (Wildman–Crippen MR) is 77.1 cm³/mol. The molecule has 0 bridgehead atoms. The van der Waals surface area contributed by atoms with Crippen LogP contribution in [-0.4, -0.2) is 35.0 Å². The van der Waals surface area contributed by atoms with Crippen LogP contribution >= 0.6 is 15.9 Å². The summed E-state index contributed by atoms with van der Waals surface area (Å²) >= 11 is 3.03. The summed E-state index contributed by atoms with van der Waals surface area (Å²) in [5.74, 6) is -1.29. The molecule has 0 aliphatic heterocycles. The number of methoxy groups -OCH3 is 1. The van der Waals surface area contributed by atoms with Gasteiger partial charge in [0.15, 0.2) is 0 Å². The Morgan fingerprint density at radius 3 is 2.70 bits per heavy atom. The zero-order chi connectivity index (χ0) is 15.3. The van der Waals surface area contributed by atoms with Gasteiger partial charge in [-0.05, 0) is 19.1 Å². The van der Waals surface area contributed by atoms with E-state index in [9.17, 15) is 14.7 Å². The van der Waals surface area contributed by atoms with Crippen molar-refractivity contribution in [1.29, 1.82) is 0 Å². The van der Waals surface area contributed by atoms with Crippen LogP contribution in [0.25, 0.3) is 4.85 Å². The molecule has 106 valence electrons. The Morgan fingerprint density at radius 1 is 1.55 bits per heavy atom. The van der Waals surface area contributed by atoms with Gasteiger partial charge in [0.1, 0.15) is 5.60 Å². The SMILES string of the molecule is [C-]#[N+]c1ccc(NC(=O)[C@@](C)(O)CBr)cc1C(=O)OC. The number of amides is 1. The van der Waals surface area contributed by atoms with E-state index in [-0.39, 0.29) is 16.6 Å². The number of ether oxygens (including phenoxy) is 1. The largest absolute Gasteiger partial charge is 0.466 e. The van der Waals surface area contributed by atoms with Gasteiger partial charge in [-0.3, -0.25) is 4.79 Å². The highest BCUT2D eigenvalue weighted by atomic mass is 79.9. The topological polar surface area (TPSA) is 80.0 Å². The molecule has 0 spiro atoms. The summed E-state index contributed by atoms with van der Waals surface area (Å²) in [5, 5.41) is 12.3. The highest BCUT2D eigenvalue weighted by Crippen LogP contribution is 2.24. The molecule has 1 aromatic carbocycles. The molecule has 1 amide bonds. The van der Waals surface area contributed by atoms with Gasteiger partial charge < -0.3 is 15.2 Å². The number of nitrogens with one attached hydrogen (secondary N) is 1. The molecule has 6 nitrogen and oxygen atoms in total. The Kier molecular flexibility index (Phi) is 5.25. The fourth-order valence-corrected chi connectivity index (χ4v) is 1.57. The van der Waals surface area contributed by atoms with Crippen molar-refractivity contribution in [3.05, 3.63) is 35.2 Å². The van der Waals surface area contributed by atoms with Gasteiger partial charge in [0.2, 0.25) is 5.69 Å². The van der Waals surface area contributed by atoms with E-state index in [0.29, 0.717) is 5.69 Å². The third kappa shape index (κ3) is 3.56. The molecule has 1 rings (SSSR count). The molecule has 20 heavy (non-hydrogen) atoms. The van der Waals surface area contributed by atoms with E-state index in [1.165, 1.54) is 32.2 Å². The number of esters is 1. The first-order valence-electron chi connectivity index (χ1n) is 5.55. The first-order valence-corrected chi connectivity index (χ1v) is 6.67. The molecule has 0 unspecified atom stereocenters. The predicted octanol–water partition coefficient (Wildman–Crippen LogP) is 2.11. The summed E-state index contributed by atoms with van der Waals surface area (Å²) < 4.78 is 4.58. The molecule has 0 aromatic heterocycles. The summed E-state index contributed by atoms with van der Waals surface area (Å²) in [7, 11) is 1.21. The maximum Gasteiger partial charge on any atom is 0.327 e. The van der Waals surface area contributed by atoms with Crippen LogP contribution in [0.2, 0.25) is 0 Å². The Hall–Kier alpha value is -1.91. The van der Waals surface area contributed by atoms with Gasteiger partial charge in [-0.2, -0.15) is 0 Å². The molecule has 1 atom stereocenters. The Labute approximate surface area is 124 Å². The maximum absolute atomic E-state index is 11.8. The summed E-state index contributed by atoms with van der Waals surface area (Å²) in [6.45, 7) is 8.33. The third-order valence-electron chi connectivity index (χ3n) is 2.53. The minimum atomic E-state index is -1.58. The molecular formula is C13H13BrN2O4. The fraction of sp³-hybridized carbons (Fsp3) is 0.308. The van der Waals surface area contributed by atoms with Gasteiger partial charge in [0, 0.05) is 11.0 Å². The number of alkyl halides is 1. The molecule has 0 fully saturated rings. The van der Waals surface area contributed by atoms with E-state index >= 15 is 0 Å². The molecule has 0 aliphatic carbocycles. The first-order chi connectivity index (χ1) is 9.35. The van der Waals surface area contributed by atoms with E-state index in [0.717, 1.165) is 0 Å². The third-order valence-corrected chi connectivity index (χ3v) is 3.62. The monoisotopic (exact) mass is 340 g/mol. The Bertz CT molecular complexity index is 578. The van der Waals surface area contributed by atoms with Crippen molar-refractivity contribution >= 4 is 39.2 Å². The van der Waals surface area contributed by atoms with Crippen molar-refractivity contribution in [3.63, 3.8) is 0 Å². The van der Waals surface area contributed by atoms with Gasteiger partial charge in [-0.15, -0.1) is 0 Å². The number of benzene rings is 1. The zero-order valence-corrected chi connectivity index (χ0v) is 12.5. The van der Waals surface area contributed by atoms with Crippen molar-refractivity contribution in [3.8, 4) is 0 Å². The standard InChI is InChI=1S/C13H13BrN2O4/c1-13(19,7-14)12(18)16-8-4-5-10(15-2)9(6-8)11(17)20-3/h4-6,19H,7H2,1,3H3,(H,16,18)/t13-/m0/s1. The molecular weight excluding hydrogens is 328 g/mol. The molecule has 0 saturated carbocycles. The number of hydrogen-bond donors (Lipinski definition) is 2. The second-order valence-electron chi connectivity index (χ2n) is 4.20. The first kappa shape index (κ1) is 16.1. The van der Waals surface area contributed by atoms with Crippen LogP contribution in [0, 0.1) is 6.57 Å². The molecule has 0 aliphatic rings. The summed E-state index contributed by atoms with van der Waals surface area (Å²) in [6, 6.07) is 4.21. The molecule has 0 heterocycles. The van der Waals surface area contributed by atoms with Gasteiger partial charge in [-0.25, -0.2) is 9.64 Å². The quantitative estimate of drug-likeness (QED) is 0.499. The lowest BCUT2D eigenvalue weighted by molar-refractivity contribution is -0.130. The van der Waals surface area contributed by atoms with Crippen molar-refractivity contribution in [2.24, 2.45) is 0 Å². The van der Waals surface area contributed by atoms with E-state index in [4.69, 9.17) is 6.57 Å². The van der Waals surface area contributed by atoms with Crippen molar-refractivity contribution in [1.82, 2.24) is 0 Å². The number of rotatable bonds is 4. The minimum absolute atomic E-state index is 0.0544. The number of halogens is 1. The van der Waals surface area contributed by atoms with Gasteiger partial charge in [0.25, 0.3) is 5.91 Å². The van der Waals surface area contributed by atoms with Crippen LogP contribution < -0.4 is 5.32 Å². The van der Waals surface area contributed by atoms with Crippen LogP contribution in [0.5, 0.6) is 0 Å². The lowest BCUT2D eigenvalue weighted by atomic mass is 10.1. The second-order valence-corrected chi connectivity index (χ2v) is 4.76. The van der Waals surface area contributed by atoms with Gasteiger partial charge in [0.05, 0.1) is 19.2 Å². The lowest BCUT2D eigenvalue weighted by Gasteiger charge is -2.19. The van der Waals surface area contributed by atoms with E-state index in [1.807, 2.05) is 0 Å². The molecule has 2 N–H and O–H groups in total. The summed E-state index contributed by atoms with van der Waals surface area (Å²) in [4.78, 5) is 26.6. The maximum atomic E-state index is 11.8. The molecule has 1 aromatic rings. The second kappa shape index (κ2) is 6.50. The Morgan fingerprint density at radius 2 is 2.20 bits per heavy atom. The minimum Gasteiger partial charge on any atom is -0.466 e. The van der Waals surface area contributed by atoms with Gasteiger partial charge in [-0.1, -0.05) is 22.0 Å². The number of carbonyl (C=O) groups is 2. The van der Waals surface area contributed by atoms with Crippen molar-refractivity contribution < 1.29 is 19.4 Å². The molecule has 7 heteroatoms. The van der Waals surface area contributed by atoms with Crippen LogP contribution in [0.4, 0.5) is 11.4 Å². The molecule has 0 radical (unpaired) electrons. The summed E-state index contributed by atoms with van der Waals surface area (Å²) in [5.41, 5.74) is -1.10. The van der Waals surface area contributed by atoms with E-state index < -0.39 is 17.5 Å². The van der Waals surface area contributed by atoms with Crippen molar-refractivity contribution in [2.45, 2.75) is 12.5 Å². The lowest BCUT2D eigenvalue weighted by Crippen LogP contribution is -2.41. The zero-order valence-electron chi connectivity index (χ0n) is 10.9. The number of aliphatic hydroxyl groups is 1. The highest BCUT2D eigenvalue weighted by Gasteiger charge is 2.29. The van der Waals surface area contributed by atoms with E-state index in [2.05, 4.69) is 30.8 Å². The number of anilines is 1. The molecule has 0 saturated heterocycles. The average Bonchev–Trinajstić information content (AvgIpc) is 2.46. The number of nitrogens with zero attached hydrogens (tertiary/aromatic N) is 1. The normalized spacial score (nSPS) is 12.9. The Balaban J connectivity index is 3.08. The average molecular weight is 341 g/mol.